The molecule has 0 spiro atoms. The van der Waals surface area contributed by atoms with Gasteiger partial charge in [-0.2, -0.15) is 8.42 Å². The molecule has 1 fully saturated rings. The number of hydrogen-bond acceptors (Lipinski definition) is 6. The molecule has 0 radical (unpaired) electrons. The molecular weight excluding hydrogens is 556 g/mol. The molecule has 12 nitrogen and oxygen atoms in total. The number of allylic oxidation sites excluding steroid dienone is 1. The van der Waals surface area contributed by atoms with Crippen LogP contribution in [0.25, 0.3) is 11.1 Å². The summed E-state index contributed by atoms with van der Waals surface area (Å²) in [6.45, 7) is 11.8. The van der Waals surface area contributed by atoms with E-state index in [4.69, 9.17) is 16.0 Å². The molecule has 2 heterocycles. The molecular formula is C26H44N6O6S2. The summed E-state index contributed by atoms with van der Waals surface area (Å²) in [6, 6.07) is 7.76. The minimum Gasteiger partial charge on any atom is -0.477 e. The average molecular weight is 601 g/mol. The van der Waals surface area contributed by atoms with E-state index in [9.17, 15) is 27.3 Å². The lowest BCUT2D eigenvalue weighted by molar-refractivity contribution is 0.0682. The molecule has 1 aliphatic heterocycles. The van der Waals surface area contributed by atoms with E-state index in [2.05, 4.69) is 0 Å². The fraction of sp³-hybridized carbons (Fsp3) is 0.462. The molecule has 14 heteroatoms. The molecule has 1 aliphatic rings. The molecule has 0 saturated carbocycles. The van der Waals surface area contributed by atoms with Crippen molar-refractivity contribution in [3.8, 4) is 11.1 Å². The van der Waals surface area contributed by atoms with Gasteiger partial charge < -0.3 is 15.7 Å². The zero-order chi connectivity index (χ0) is 31.0. The standard InChI is InChI=1S/C18H22N4O5S.C4H10N2OS.2C2H6/c19-11-12-5-8-21(9-6-12)17(23)14-3-1-13(2-4-14)15-7-10-22(28(20,26)27)16(15)18(24)25;1-3-4-6(2)8(5)7;2*1-2/h1-4,7,10,12H,5-6,8-9,11,19H2,(H,24,25)(H2,20,26,27);3-4H,5H2,1-2H3;2*1-2H3/b;4-3-;;. The highest BCUT2D eigenvalue weighted by Gasteiger charge is 2.25. The second kappa shape index (κ2) is 18.3. The Labute approximate surface area is 240 Å². The topological polar surface area (TPSA) is 195 Å². The van der Waals surface area contributed by atoms with E-state index >= 15 is 0 Å². The lowest BCUT2D eigenvalue weighted by atomic mass is 9.96. The molecule has 3 rings (SSSR count). The highest BCUT2D eigenvalue weighted by atomic mass is 32.2. The fourth-order valence-corrected chi connectivity index (χ4v) is 4.59. The van der Waals surface area contributed by atoms with Crippen molar-refractivity contribution in [3.63, 3.8) is 0 Å². The van der Waals surface area contributed by atoms with Gasteiger partial charge in [0.25, 0.3) is 5.91 Å². The quantitative estimate of drug-likeness (QED) is 0.375. The van der Waals surface area contributed by atoms with Crippen molar-refractivity contribution in [2.45, 2.75) is 47.5 Å². The van der Waals surface area contributed by atoms with Crippen molar-refractivity contribution >= 4 is 33.3 Å². The van der Waals surface area contributed by atoms with Crippen LogP contribution in [0.1, 0.15) is 68.3 Å². The van der Waals surface area contributed by atoms with E-state index in [0.29, 0.717) is 40.7 Å². The van der Waals surface area contributed by atoms with Crippen molar-refractivity contribution < 1.29 is 27.3 Å². The molecule has 7 N–H and O–H groups in total. The summed E-state index contributed by atoms with van der Waals surface area (Å²) in [4.78, 5) is 26.0. The van der Waals surface area contributed by atoms with E-state index in [1.165, 1.54) is 10.4 Å². The Balaban J connectivity index is 0.00000108. The highest BCUT2D eigenvalue weighted by Crippen LogP contribution is 2.27. The van der Waals surface area contributed by atoms with Crippen LogP contribution in [0.2, 0.25) is 0 Å². The Hall–Kier alpha value is -3.04. The van der Waals surface area contributed by atoms with Crippen LogP contribution in [0, 0.1) is 5.92 Å². The van der Waals surface area contributed by atoms with Gasteiger partial charge in [-0.1, -0.05) is 45.9 Å². The zero-order valence-corrected chi connectivity index (χ0v) is 25.7. The molecule has 1 atom stereocenters. The molecule has 226 valence electrons. The summed E-state index contributed by atoms with van der Waals surface area (Å²) >= 11 is -1.36. The summed E-state index contributed by atoms with van der Waals surface area (Å²) in [5.41, 5.74) is 6.38. The molecule has 1 amide bonds. The number of likely N-dealkylation sites (tertiary alicyclic amines) is 1. The van der Waals surface area contributed by atoms with Crippen LogP contribution in [-0.4, -0.2) is 69.5 Å². The van der Waals surface area contributed by atoms with E-state index in [1.807, 2.05) is 34.6 Å². The van der Waals surface area contributed by atoms with Crippen molar-refractivity contribution in [2.24, 2.45) is 21.9 Å². The largest absolute Gasteiger partial charge is 0.477 e. The van der Waals surface area contributed by atoms with Gasteiger partial charge in [-0.15, -0.1) is 0 Å². The van der Waals surface area contributed by atoms with Crippen LogP contribution in [-0.2, 0) is 21.4 Å². The summed E-state index contributed by atoms with van der Waals surface area (Å²) in [5.74, 6) is -1.07. The number of rotatable bonds is 7. The lowest BCUT2D eigenvalue weighted by Gasteiger charge is -2.31. The first-order valence-corrected chi connectivity index (χ1v) is 15.7. The Bertz CT molecular complexity index is 1220. The van der Waals surface area contributed by atoms with Crippen molar-refractivity contribution in [3.05, 3.63) is 60.1 Å². The number of hydrogen-bond donors (Lipinski definition) is 4. The maximum absolute atomic E-state index is 12.7. The number of benzene rings is 1. The first-order chi connectivity index (χ1) is 18.9. The molecule has 1 unspecified atom stereocenters. The number of carboxylic acid groups (broad SMARTS) is 1. The Morgan fingerprint density at radius 3 is 2.00 bits per heavy atom. The van der Waals surface area contributed by atoms with Crippen LogP contribution < -0.4 is 16.0 Å². The molecule has 1 aromatic heterocycles. The smallest absolute Gasteiger partial charge is 0.354 e. The van der Waals surface area contributed by atoms with Crippen LogP contribution >= 0.6 is 0 Å². The van der Waals surface area contributed by atoms with Gasteiger partial charge in [-0.25, -0.2) is 23.3 Å². The van der Waals surface area contributed by atoms with Gasteiger partial charge in [0.15, 0.2) is 16.9 Å². The van der Waals surface area contributed by atoms with Crippen molar-refractivity contribution in [2.75, 3.05) is 26.7 Å². The van der Waals surface area contributed by atoms with Gasteiger partial charge in [0.1, 0.15) is 0 Å². The lowest BCUT2D eigenvalue weighted by Crippen LogP contribution is -2.40. The zero-order valence-electron chi connectivity index (χ0n) is 24.1. The third-order valence-corrected chi connectivity index (χ3v) is 7.19. The number of nitrogens with zero attached hydrogens (tertiary/aromatic N) is 3. The minimum atomic E-state index is -4.24. The van der Waals surface area contributed by atoms with Crippen LogP contribution in [0.5, 0.6) is 0 Å². The molecule has 1 aromatic carbocycles. The maximum Gasteiger partial charge on any atom is 0.354 e. The first-order valence-electron chi connectivity index (χ1n) is 13.0. The third-order valence-electron chi connectivity index (χ3n) is 5.65. The van der Waals surface area contributed by atoms with E-state index in [-0.39, 0.29) is 11.5 Å². The Morgan fingerprint density at radius 1 is 1.10 bits per heavy atom. The number of carbonyl (C=O) groups is 2. The SMILES string of the molecule is C/C=C\N(C)S(N)=O.CC.CC.NCC1CCN(C(=O)c2ccc(-c3ccn(S(N)(=O)=O)c3C(=O)O)cc2)CC1. The molecule has 2 aromatic rings. The second-order valence-corrected chi connectivity index (χ2v) is 10.6. The summed E-state index contributed by atoms with van der Waals surface area (Å²) < 4.78 is 35.4. The fourth-order valence-electron chi connectivity index (χ4n) is 3.69. The van der Waals surface area contributed by atoms with Crippen molar-refractivity contribution in [1.29, 1.82) is 0 Å². The number of nitrogens with two attached hydrogens (primary N) is 3. The van der Waals surface area contributed by atoms with Gasteiger partial charge in [0.05, 0.1) is 0 Å². The number of amides is 1. The monoisotopic (exact) mass is 600 g/mol. The van der Waals surface area contributed by atoms with Crippen LogP contribution in [0.4, 0.5) is 0 Å². The van der Waals surface area contributed by atoms with Gasteiger partial charge in [-0.05, 0) is 56.0 Å². The molecule has 1 saturated heterocycles. The minimum absolute atomic E-state index is 0.0948. The Kier molecular flexibility index (Phi) is 16.9. The van der Waals surface area contributed by atoms with Crippen molar-refractivity contribution in [1.82, 2.24) is 13.2 Å². The van der Waals surface area contributed by atoms with E-state index in [1.54, 1.807) is 48.5 Å². The number of carbonyl (C=O) groups excluding carboxylic acids is 1. The molecule has 0 bridgehead atoms. The number of aromatic carboxylic acids is 1. The van der Waals surface area contributed by atoms with Crippen LogP contribution in [0.3, 0.4) is 0 Å². The van der Waals surface area contributed by atoms with Gasteiger partial charge >= 0.3 is 16.2 Å². The Morgan fingerprint density at radius 2 is 1.62 bits per heavy atom. The third kappa shape index (κ3) is 10.8. The number of piperidine rings is 1. The highest BCUT2D eigenvalue weighted by molar-refractivity contribution is 7.87. The number of carboxylic acids is 1. The maximum atomic E-state index is 12.7. The van der Waals surface area contributed by atoms with Gasteiger partial charge in [0, 0.05) is 43.7 Å². The van der Waals surface area contributed by atoms with E-state index in [0.717, 1.165) is 19.0 Å². The second-order valence-electron chi connectivity index (χ2n) is 8.08. The van der Waals surface area contributed by atoms with Gasteiger partial charge in [-0.3, -0.25) is 9.10 Å². The predicted octanol–water partition coefficient (Wildman–Crippen LogP) is 2.76. The summed E-state index contributed by atoms with van der Waals surface area (Å²) in [7, 11) is -2.59. The summed E-state index contributed by atoms with van der Waals surface area (Å²) in [6.07, 6.45) is 6.27. The predicted molar refractivity (Wildman–Crippen MR) is 161 cm³/mol. The normalized spacial score (nSPS) is 14.1. The molecule has 0 aliphatic carbocycles. The van der Waals surface area contributed by atoms with E-state index < -0.39 is 33.0 Å². The summed E-state index contributed by atoms with van der Waals surface area (Å²) in [5, 5.41) is 19.4. The molecule has 40 heavy (non-hydrogen) atoms. The number of aromatic nitrogens is 1. The average Bonchev–Trinajstić information content (AvgIpc) is 3.42. The van der Waals surface area contributed by atoms with Gasteiger partial charge in [0.2, 0.25) is 0 Å². The van der Waals surface area contributed by atoms with Crippen LogP contribution in [0.15, 0.2) is 48.8 Å². The first kappa shape index (κ1) is 37.0.